The van der Waals surface area contributed by atoms with Crippen LogP contribution in [0.2, 0.25) is 0 Å². The first kappa shape index (κ1) is 21.4. The molecule has 0 N–H and O–H groups in total. The van der Waals surface area contributed by atoms with E-state index < -0.39 is 0 Å². The first-order valence-electron chi connectivity index (χ1n) is 11.4. The van der Waals surface area contributed by atoms with E-state index in [9.17, 15) is 9.59 Å². The van der Waals surface area contributed by atoms with Gasteiger partial charge < -0.3 is 19.0 Å². The molecule has 2 fully saturated rings. The fraction of sp³-hybridized carbons (Fsp3) is 0.542. The Morgan fingerprint density at radius 3 is 2.29 bits per heavy atom. The van der Waals surface area contributed by atoms with Gasteiger partial charge in [0.05, 0.1) is 6.61 Å². The molecule has 7 nitrogen and oxygen atoms in total. The second kappa shape index (κ2) is 9.54. The molecular weight excluding hydrogens is 394 g/mol. The molecule has 0 unspecified atom stereocenters. The van der Waals surface area contributed by atoms with Crippen molar-refractivity contribution in [1.29, 1.82) is 0 Å². The lowest BCUT2D eigenvalue weighted by Crippen LogP contribution is -2.38. The van der Waals surface area contributed by atoms with Crippen LogP contribution in [-0.4, -0.2) is 59.4 Å². The van der Waals surface area contributed by atoms with Crippen molar-refractivity contribution in [3.8, 4) is 5.75 Å². The average molecular weight is 426 g/mol. The number of likely N-dealkylation sites (tertiary alicyclic amines) is 2. The lowest BCUT2D eigenvalue weighted by Gasteiger charge is -2.30. The Morgan fingerprint density at radius 2 is 1.65 bits per heavy atom. The highest BCUT2D eigenvalue weighted by atomic mass is 16.5. The molecule has 4 rings (SSSR count). The predicted molar refractivity (Wildman–Crippen MR) is 116 cm³/mol. The van der Waals surface area contributed by atoms with E-state index in [0.29, 0.717) is 42.6 Å². The number of carbonyl (C=O) groups excluding carboxylic acids is 2. The summed E-state index contributed by atoms with van der Waals surface area (Å²) in [6, 6.07) is 7.30. The van der Waals surface area contributed by atoms with E-state index in [4.69, 9.17) is 9.15 Å². The first-order valence-corrected chi connectivity index (χ1v) is 11.4. The second-order valence-electron chi connectivity index (χ2n) is 8.33. The second-order valence-corrected chi connectivity index (χ2v) is 8.33. The summed E-state index contributed by atoms with van der Waals surface area (Å²) in [6.45, 7) is 7.25. The van der Waals surface area contributed by atoms with Gasteiger partial charge in [-0.2, -0.15) is 0 Å². The van der Waals surface area contributed by atoms with E-state index in [2.05, 4.69) is 4.98 Å². The number of hydrogen-bond acceptors (Lipinski definition) is 5. The smallest absolute Gasteiger partial charge is 0.276 e. The Hall–Kier alpha value is -2.83. The Kier molecular flexibility index (Phi) is 6.59. The number of piperidine rings is 2. The minimum Gasteiger partial charge on any atom is -0.494 e. The highest BCUT2D eigenvalue weighted by Crippen LogP contribution is 2.30. The number of carbonyl (C=O) groups is 2. The van der Waals surface area contributed by atoms with Gasteiger partial charge in [-0.25, -0.2) is 4.98 Å². The van der Waals surface area contributed by atoms with Gasteiger partial charge in [0, 0.05) is 37.7 Å². The number of ether oxygens (including phenoxy) is 1. The molecule has 7 heteroatoms. The predicted octanol–water partition coefficient (Wildman–Crippen LogP) is 4.03. The van der Waals surface area contributed by atoms with Crippen LogP contribution < -0.4 is 4.74 Å². The molecule has 0 bridgehead atoms. The zero-order valence-electron chi connectivity index (χ0n) is 18.4. The van der Waals surface area contributed by atoms with E-state index >= 15 is 0 Å². The van der Waals surface area contributed by atoms with E-state index in [1.807, 2.05) is 47.9 Å². The van der Waals surface area contributed by atoms with Crippen molar-refractivity contribution >= 4 is 11.8 Å². The number of oxazole rings is 1. The Labute approximate surface area is 183 Å². The van der Waals surface area contributed by atoms with Gasteiger partial charge in [0.1, 0.15) is 11.5 Å². The maximum absolute atomic E-state index is 12.8. The number of benzene rings is 1. The molecule has 3 heterocycles. The third-order valence-electron chi connectivity index (χ3n) is 6.20. The van der Waals surface area contributed by atoms with Crippen molar-refractivity contribution in [3.05, 3.63) is 47.2 Å². The summed E-state index contributed by atoms with van der Waals surface area (Å²) in [4.78, 5) is 34.0. The largest absolute Gasteiger partial charge is 0.494 e. The summed E-state index contributed by atoms with van der Waals surface area (Å²) < 4.78 is 11.4. The minimum atomic E-state index is -0.0182. The van der Waals surface area contributed by atoms with Gasteiger partial charge in [0.15, 0.2) is 11.6 Å². The number of nitrogens with zero attached hydrogens (tertiary/aromatic N) is 3. The van der Waals surface area contributed by atoms with Gasteiger partial charge in [0.2, 0.25) is 0 Å². The molecule has 0 radical (unpaired) electrons. The van der Waals surface area contributed by atoms with Gasteiger partial charge in [-0.05, 0) is 70.2 Å². The summed E-state index contributed by atoms with van der Waals surface area (Å²) in [7, 11) is 0. The Morgan fingerprint density at radius 1 is 1.00 bits per heavy atom. The molecule has 0 spiro atoms. The molecule has 2 aliphatic heterocycles. The Bertz CT molecular complexity index is 907. The lowest BCUT2D eigenvalue weighted by atomic mass is 9.96. The lowest BCUT2D eigenvalue weighted by molar-refractivity contribution is 0.0704. The summed E-state index contributed by atoms with van der Waals surface area (Å²) in [5, 5.41) is 0. The van der Waals surface area contributed by atoms with Crippen molar-refractivity contribution in [2.45, 2.75) is 51.9 Å². The third kappa shape index (κ3) is 4.75. The van der Waals surface area contributed by atoms with E-state index in [1.165, 1.54) is 6.42 Å². The number of aryl methyl sites for hydroxylation is 1. The molecule has 1 aromatic heterocycles. The maximum Gasteiger partial charge on any atom is 0.276 e. The highest BCUT2D eigenvalue weighted by Gasteiger charge is 2.30. The summed E-state index contributed by atoms with van der Waals surface area (Å²) in [6.07, 6.45) is 4.84. The summed E-state index contributed by atoms with van der Waals surface area (Å²) >= 11 is 0. The molecule has 0 aliphatic carbocycles. The van der Waals surface area contributed by atoms with E-state index in [0.717, 1.165) is 44.5 Å². The van der Waals surface area contributed by atoms with E-state index in [-0.39, 0.29) is 17.7 Å². The average Bonchev–Trinajstić information content (AvgIpc) is 3.21. The summed E-state index contributed by atoms with van der Waals surface area (Å²) in [5.41, 5.74) is 1.12. The molecule has 1 aromatic carbocycles. The fourth-order valence-electron chi connectivity index (χ4n) is 4.41. The molecule has 2 aliphatic rings. The first-order chi connectivity index (χ1) is 15.1. The molecule has 2 amide bonds. The maximum atomic E-state index is 12.8. The molecule has 166 valence electrons. The van der Waals surface area contributed by atoms with Gasteiger partial charge in [-0.1, -0.05) is 0 Å². The van der Waals surface area contributed by atoms with Gasteiger partial charge in [0.25, 0.3) is 11.8 Å². The van der Waals surface area contributed by atoms with Crippen LogP contribution in [-0.2, 0) is 0 Å². The topological polar surface area (TPSA) is 75.9 Å². The monoisotopic (exact) mass is 425 g/mol. The van der Waals surface area contributed by atoms with Crippen molar-refractivity contribution in [2.75, 3.05) is 32.8 Å². The van der Waals surface area contributed by atoms with Crippen molar-refractivity contribution < 1.29 is 18.7 Å². The Balaban J connectivity index is 1.36. The normalized spacial score (nSPS) is 17.6. The summed E-state index contributed by atoms with van der Waals surface area (Å²) in [5.74, 6) is 2.14. The molecule has 0 atom stereocenters. The van der Waals surface area contributed by atoms with Crippen LogP contribution in [0.25, 0.3) is 0 Å². The number of rotatable bonds is 5. The molecular formula is C24H31N3O4. The van der Waals surface area contributed by atoms with Crippen LogP contribution in [0.4, 0.5) is 0 Å². The molecule has 0 saturated carbocycles. The van der Waals surface area contributed by atoms with Crippen LogP contribution >= 0.6 is 0 Å². The van der Waals surface area contributed by atoms with Gasteiger partial charge >= 0.3 is 0 Å². The van der Waals surface area contributed by atoms with Crippen LogP contribution in [0.1, 0.15) is 77.4 Å². The van der Waals surface area contributed by atoms with Crippen molar-refractivity contribution in [2.24, 2.45) is 0 Å². The van der Waals surface area contributed by atoms with Crippen LogP contribution in [0, 0.1) is 6.92 Å². The van der Waals surface area contributed by atoms with E-state index in [1.54, 1.807) is 0 Å². The quantitative estimate of drug-likeness (QED) is 0.723. The van der Waals surface area contributed by atoms with Gasteiger partial charge in [-0.15, -0.1) is 0 Å². The number of aromatic nitrogens is 1. The third-order valence-corrected chi connectivity index (χ3v) is 6.20. The molecule has 31 heavy (non-hydrogen) atoms. The number of hydrogen-bond donors (Lipinski definition) is 0. The van der Waals surface area contributed by atoms with Crippen LogP contribution in [0.3, 0.4) is 0 Å². The number of amides is 2. The van der Waals surface area contributed by atoms with Crippen molar-refractivity contribution in [3.63, 3.8) is 0 Å². The minimum absolute atomic E-state index is 0.0182. The fourth-order valence-corrected chi connectivity index (χ4v) is 4.41. The van der Waals surface area contributed by atoms with Crippen molar-refractivity contribution in [1.82, 2.24) is 14.8 Å². The van der Waals surface area contributed by atoms with Gasteiger partial charge in [-0.3, -0.25) is 9.59 Å². The van der Waals surface area contributed by atoms with Crippen LogP contribution in [0.15, 0.2) is 28.7 Å². The zero-order chi connectivity index (χ0) is 21.8. The zero-order valence-corrected chi connectivity index (χ0v) is 18.4. The van der Waals surface area contributed by atoms with Crippen LogP contribution in [0.5, 0.6) is 5.75 Å². The molecule has 2 aromatic rings. The highest BCUT2D eigenvalue weighted by molar-refractivity contribution is 5.94. The molecule has 2 saturated heterocycles. The SMILES string of the molecule is CCOc1ccc(C(=O)N2CCC(c3nc(C(=O)N4CCCCC4)c(C)o3)CC2)cc1. The standard InChI is InChI=1S/C24H31N3O4/c1-3-30-20-9-7-19(8-10-20)23(28)27-15-11-18(12-16-27)22-25-21(17(2)31-22)24(29)26-13-5-4-6-14-26/h7-10,18H,3-6,11-16H2,1-2H3.